The van der Waals surface area contributed by atoms with Crippen molar-refractivity contribution in [3.63, 3.8) is 0 Å². The average Bonchev–Trinajstić information content (AvgIpc) is 3.07. The predicted molar refractivity (Wildman–Crippen MR) is 118 cm³/mol. The van der Waals surface area contributed by atoms with Gasteiger partial charge in [0.2, 0.25) is 5.91 Å². The Morgan fingerprint density at radius 3 is 2.06 bits per heavy atom. The molecule has 0 bridgehead atoms. The van der Waals surface area contributed by atoms with E-state index in [9.17, 15) is 33.6 Å². The number of hydrogen-bond acceptors (Lipinski definition) is 13. The van der Waals surface area contributed by atoms with Crippen molar-refractivity contribution in [1.82, 2.24) is 10.4 Å². The minimum absolute atomic E-state index is 0.0417. The van der Waals surface area contributed by atoms with Crippen LogP contribution in [0.5, 0.6) is 0 Å². The minimum atomic E-state index is -1.23. The van der Waals surface area contributed by atoms with Gasteiger partial charge in [-0.25, -0.2) is 4.79 Å². The highest BCUT2D eigenvalue weighted by Gasteiger charge is 2.50. The Hall–Kier alpha value is -3.20. The maximum Gasteiger partial charge on any atom is 0.334 e. The van der Waals surface area contributed by atoms with Crippen LogP contribution in [0.25, 0.3) is 0 Å². The van der Waals surface area contributed by atoms with Gasteiger partial charge in [0.15, 0.2) is 12.2 Å². The molecule has 0 aromatic rings. The molecule has 3 amide bonds. The number of imide groups is 1. The van der Waals surface area contributed by atoms with Crippen molar-refractivity contribution in [3.05, 3.63) is 0 Å². The lowest BCUT2D eigenvalue weighted by molar-refractivity contribution is -0.211. The largest absolute Gasteiger partial charge is 0.463 e. The Morgan fingerprint density at radius 1 is 0.944 bits per heavy atom. The van der Waals surface area contributed by atoms with Gasteiger partial charge < -0.3 is 29.1 Å². The summed E-state index contributed by atoms with van der Waals surface area (Å²) in [4.78, 5) is 87.1. The van der Waals surface area contributed by atoms with Gasteiger partial charge in [-0.3, -0.25) is 28.8 Å². The second kappa shape index (κ2) is 13.2. The number of esters is 3. The minimum Gasteiger partial charge on any atom is -0.463 e. The zero-order valence-electron chi connectivity index (χ0n) is 20.2. The first kappa shape index (κ1) is 29.0. The molecule has 2 rings (SSSR count). The van der Waals surface area contributed by atoms with Gasteiger partial charge in [0.25, 0.3) is 11.8 Å². The number of rotatable bonds is 10. The van der Waals surface area contributed by atoms with Crippen LogP contribution in [-0.2, 0) is 57.3 Å². The second-order valence-corrected chi connectivity index (χ2v) is 9.09. The average molecular weight is 533 g/mol. The quantitative estimate of drug-likeness (QED) is 0.214. The Balaban J connectivity index is 2.18. The highest BCUT2D eigenvalue weighted by atomic mass is 32.2. The fourth-order valence-electron chi connectivity index (χ4n) is 3.50. The fourth-order valence-corrected chi connectivity index (χ4v) is 4.67. The number of nitrogens with one attached hydrogen (secondary N) is 1. The number of nitrogens with zero attached hydrogens (tertiary/aromatic N) is 1. The van der Waals surface area contributed by atoms with Crippen LogP contribution in [0.4, 0.5) is 0 Å². The summed E-state index contributed by atoms with van der Waals surface area (Å²) in [6.45, 7) is 4.30. The monoisotopic (exact) mass is 532 g/mol. The van der Waals surface area contributed by atoms with E-state index < -0.39 is 71.4 Å². The molecule has 0 aromatic heterocycles. The SMILES string of the molecule is CC(=O)NC1C(SCCC(=O)ON2C(=O)CCC2=O)OC(COC(C)=O)C(OC(C)=O)C1OC(C)=O. The molecule has 15 heteroatoms. The number of hydrogen-bond donors (Lipinski definition) is 1. The van der Waals surface area contributed by atoms with Crippen LogP contribution >= 0.6 is 11.8 Å². The number of carbonyl (C=O) groups is 7. The molecule has 2 saturated heterocycles. The van der Waals surface area contributed by atoms with Gasteiger partial charge in [-0.2, -0.15) is 0 Å². The van der Waals surface area contributed by atoms with Crippen LogP contribution < -0.4 is 5.32 Å². The van der Waals surface area contributed by atoms with Crippen molar-refractivity contribution < 1.29 is 57.3 Å². The summed E-state index contributed by atoms with van der Waals surface area (Å²) in [5.41, 5.74) is -0.950. The van der Waals surface area contributed by atoms with Crippen molar-refractivity contribution in [1.29, 1.82) is 0 Å². The normalized spacial score (nSPS) is 25.7. The summed E-state index contributed by atoms with van der Waals surface area (Å²) in [5.74, 6) is -4.62. The van der Waals surface area contributed by atoms with Crippen LogP contribution in [-0.4, -0.2) is 88.8 Å². The summed E-state index contributed by atoms with van der Waals surface area (Å²) in [5, 5.41) is 3.04. The van der Waals surface area contributed by atoms with Crippen molar-refractivity contribution in [2.45, 2.75) is 76.7 Å². The molecule has 36 heavy (non-hydrogen) atoms. The summed E-state index contributed by atoms with van der Waals surface area (Å²) in [7, 11) is 0. The molecule has 200 valence electrons. The topological polar surface area (TPSA) is 181 Å². The van der Waals surface area contributed by atoms with Crippen LogP contribution in [0.15, 0.2) is 0 Å². The number of carbonyl (C=O) groups excluding carboxylic acids is 7. The summed E-state index contributed by atoms with van der Waals surface area (Å²) >= 11 is 1.03. The van der Waals surface area contributed by atoms with Gasteiger partial charge in [-0.15, -0.1) is 16.8 Å². The maximum absolute atomic E-state index is 12.1. The molecule has 2 heterocycles. The lowest BCUT2D eigenvalue weighted by atomic mass is 9.97. The van der Waals surface area contributed by atoms with E-state index in [1.54, 1.807) is 0 Å². The number of thioether (sulfide) groups is 1. The molecule has 1 N–H and O–H groups in total. The van der Waals surface area contributed by atoms with Gasteiger partial charge in [0, 0.05) is 46.3 Å². The first-order valence-corrected chi connectivity index (χ1v) is 12.0. The molecule has 0 radical (unpaired) electrons. The first-order chi connectivity index (χ1) is 16.9. The van der Waals surface area contributed by atoms with E-state index in [-0.39, 0.29) is 31.6 Å². The zero-order valence-corrected chi connectivity index (χ0v) is 21.0. The molecule has 0 saturated carbocycles. The predicted octanol–water partition coefficient (Wildman–Crippen LogP) is -0.627. The second-order valence-electron chi connectivity index (χ2n) is 7.89. The van der Waals surface area contributed by atoms with E-state index in [0.717, 1.165) is 25.6 Å². The highest BCUT2D eigenvalue weighted by Crippen LogP contribution is 2.33. The summed E-state index contributed by atoms with van der Waals surface area (Å²) in [6, 6.07) is -1.02. The van der Waals surface area contributed by atoms with Crippen molar-refractivity contribution >= 4 is 53.4 Å². The molecule has 0 aromatic carbocycles. The Bertz CT molecular complexity index is 893. The fraction of sp³-hybridized carbons (Fsp3) is 0.667. The molecule has 5 atom stereocenters. The van der Waals surface area contributed by atoms with Crippen LogP contribution in [0.2, 0.25) is 0 Å². The molecule has 2 aliphatic rings. The van der Waals surface area contributed by atoms with Crippen molar-refractivity contribution in [2.75, 3.05) is 12.4 Å². The van der Waals surface area contributed by atoms with Gasteiger partial charge in [-0.1, -0.05) is 0 Å². The summed E-state index contributed by atoms with van der Waals surface area (Å²) in [6.07, 6.45) is -3.84. The van der Waals surface area contributed by atoms with Gasteiger partial charge in [-0.05, 0) is 0 Å². The van der Waals surface area contributed by atoms with E-state index in [0.29, 0.717) is 5.06 Å². The first-order valence-electron chi connectivity index (χ1n) is 11.0. The molecule has 0 aliphatic carbocycles. The highest BCUT2D eigenvalue weighted by molar-refractivity contribution is 7.99. The van der Waals surface area contributed by atoms with Crippen molar-refractivity contribution in [3.8, 4) is 0 Å². The van der Waals surface area contributed by atoms with E-state index in [2.05, 4.69) is 5.32 Å². The van der Waals surface area contributed by atoms with Gasteiger partial charge in [0.05, 0.1) is 6.42 Å². The third kappa shape index (κ3) is 8.48. The third-order valence-corrected chi connectivity index (χ3v) is 6.03. The number of ether oxygens (including phenoxy) is 4. The zero-order chi connectivity index (χ0) is 27.0. The molecule has 2 aliphatic heterocycles. The van der Waals surface area contributed by atoms with Crippen molar-refractivity contribution in [2.24, 2.45) is 0 Å². The smallest absolute Gasteiger partial charge is 0.334 e. The Morgan fingerprint density at radius 2 is 1.53 bits per heavy atom. The summed E-state index contributed by atoms with van der Waals surface area (Å²) < 4.78 is 21.7. The van der Waals surface area contributed by atoms with E-state index in [4.69, 9.17) is 23.8 Å². The van der Waals surface area contributed by atoms with E-state index in [1.165, 1.54) is 13.8 Å². The molecule has 5 unspecified atom stereocenters. The Labute approximate surface area is 210 Å². The maximum atomic E-state index is 12.1. The molecule has 0 spiro atoms. The molecular weight excluding hydrogens is 504 g/mol. The number of amides is 3. The lowest BCUT2D eigenvalue weighted by Gasteiger charge is -2.45. The van der Waals surface area contributed by atoms with Crippen LogP contribution in [0.3, 0.4) is 0 Å². The molecular formula is C21H28N2O12S. The van der Waals surface area contributed by atoms with E-state index >= 15 is 0 Å². The number of hydroxylamine groups is 2. The molecule has 14 nitrogen and oxygen atoms in total. The molecule has 2 fully saturated rings. The lowest BCUT2D eigenvalue weighted by Crippen LogP contribution is -2.65. The third-order valence-electron chi connectivity index (χ3n) is 4.86. The standard InChI is InChI=1S/C21H28N2O12S/c1-10(24)22-18-20(33-13(4)27)19(32-12(3)26)14(9-31-11(2)25)34-21(18)36-8-7-17(30)35-23-15(28)5-6-16(23)29/h14,18-21H,5-9H2,1-4H3,(H,22,24). The van der Waals surface area contributed by atoms with Crippen LogP contribution in [0.1, 0.15) is 47.0 Å². The van der Waals surface area contributed by atoms with E-state index in [1.807, 2.05) is 0 Å². The van der Waals surface area contributed by atoms with Crippen LogP contribution in [0, 0.1) is 0 Å². The Kier molecular flexibility index (Phi) is 10.6. The van der Waals surface area contributed by atoms with Gasteiger partial charge in [0.1, 0.15) is 24.2 Å². The van der Waals surface area contributed by atoms with Gasteiger partial charge >= 0.3 is 23.9 Å².